The highest BCUT2D eigenvalue weighted by Gasteiger charge is 2.25. The van der Waals surface area contributed by atoms with Crippen molar-refractivity contribution in [3.8, 4) is 17.2 Å². The van der Waals surface area contributed by atoms with E-state index >= 15 is 0 Å². The van der Waals surface area contributed by atoms with Gasteiger partial charge in [-0.2, -0.15) is 0 Å². The number of carbonyl (C=O) groups excluding carboxylic acids is 2. The number of aromatic nitrogens is 2. The zero-order valence-electron chi connectivity index (χ0n) is 16.0. The molecule has 0 spiro atoms. The van der Waals surface area contributed by atoms with Gasteiger partial charge in [0.2, 0.25) is 0 Å². The van der Waals surface area contributed by atoms with E-state index in [1.165, 1.54) is 4.90 Å². The van der Waals surface area contributed by atoms with E-state index in [4.69, 9.17) is 18.3 Å². The number of benzene rings is 1. The number of furan rings is 1. The second kappa shape index (κ2) is 7.78. The van der Waals surface area contributed by atoms with Crippen LogP contribution in [0.25, 0.3) is 11.5 Å². The maximum Gasteiger partial charge on any atom is 0.308 e. The summed E-state index contributed by atoms with van der Waals surface area (Å²) in [4.78, 5) is 25.8. The summed E-state index contributed by atoms with van der Waals surface area (Å²) in [6.45, 7) is 3.63. The summed E-state index contributed by atoms with van der Waals surface area (Å²) in [6.07, 6.45) is 0.0289. The Morgan fingerprint density at radius 2 is 2.03 bits per heavy atom. The van der Waals surface area contributed by atoms with E-state index in [1.807, 2.05) is 19.1 Å². The van der Waals surface area contributed by atoms with Gasteiger partial charge in [0.05, 0.1) is 17.7 Å². The molecule has 0 unspecified atom stereocenters. The monoisotopic (exact) mass is 397 g/mol. The lowest BCUT2D eigenvalue weighted by Crippen LogP contribution is -2.40. The van der Waals surface area contributed by atoms with E-state index in [0.717, 1.165) is 5.76 Å². The highest BCUT2D eigenvalue weighted by molar-refractivity contribution is 5.98. The van der Waals surface area contributed by atoms with Gasteiger partial charge >= 0.3 is 5.97 Å². The molecule has 0 radical (unpaired) electrons. The molecular weight excluding hydrogens is 378 g/mol. The molecule has 9 nitrogen and oxygen atoms in total. The predicted octanol–water partition coefficient (Wildman–Crippen LogP) is 2.81. The molecule has 29 heavy (non-hydrogen) atoms. The number of nitrogens with zero attached hydrogens (tertiary/aromatic N) is 3. The molecule has 2 aromatic heterocycles. The molecular formula is C20H19N3O6. The minimum Gasteiger partial charge on any atom is -0.482 e. The Morgan fingerprint density at radius 1 is 1.21 bits per heavy atom. The Balaban J connectivity index is 1.32. The first kappa shape index (κ1) is 18.7. The van der Waals surface area contributed by atoms with Crippen LogP contribution in [0.3, 0.4) is 0 Å². The molecule has 0 N–H and O–H groups in total. The molecule has 4 rings (SSSR count). The molecule has 9 heteroatoms. The smallest absolute Gasteiger partial charge is 0.308 e. The number of hydrogen-bond donors (Lipinski definition) is 0. The molecule has 1 amide bonds. The van der Waals surface area contributed by atoms with Gasteiger partial charge in [0.1, 0.15) is 17.3 Å². The summed E-state index contributed by atoms with van der Waals surface area (Å²) in [5, 5.41) is 7.85. The number of fused-ring (bicyclic) bond motifs is 1. The Bertz CT molecular complexity index is 1050. The van der Waals surface area contributed by atoms with Gasteiger partial charge in [-0.15, -0.1) is 10.2 Å². The summed E-state index contributed by atoms with van der Waals surface area (Å²) in [5.74, 6) is 1.83. The van der Waals surface area contributed by atoms with Crippen molar-refractivity contribution >= 4 is 17.6 Å². The van der Waals surface area contributed by atoms with Crippen molar-refractivity contribution in [1.29, 1.82) is 0 Å². The fourth-order valence-corrected chi connectivity index (χ4v) is 3.08. The van der Waals surface area contributed by atoms with Gasteiger partial charge in [-0.1, -0.05) is 12.1 Å². The Hall–Kier alpha value is -3.62. The summed E-state index contributed by atoms with van der Waals surface area (Å²) in [6, 6.07) is 8.99. The number of carbonyl (C=O) groups is 2. The van der Waals surface area contributed by atoms with E-state index < -0.39 is 5.97 Å². The lowest BCUT2D eigenvalue weighted by Gasteiger charge is -2.28. The van der Waals surface area contributed by atoms with E-state index in [-0.39, 0.29) is 38.0 Å². The standard InChI is InChI=1S/C20H19N3O6/c1-12-9-14(13(2)28-12)20-22-21-17(29-20)10-27-19(25)7-8-23-15-5-3-4-6-16(15)26-11-18(23)24/h3-6,9H,7-8,10-11H2,1-2H3. The predicted molar refractivity (Wildman–Crippen MR) is 100 cm³/mol. The van der Waals surface area contributed by atoms with Crippen molar-refractivity contribution in [3.63, 3.8) is 0 Å². The van der Waals surface area contributed by atoms with Crippen molar-refractivity contribution in [2.24, 2.45) is 0 Å². The van der Waals surface area contributed by atoms with Gasteiger partial charge in [-0.3, -0.25) is 9.59 Å². The number of esters is 1. The van der Waals surface area contributed by atoms with Crippen LogP contribution in [0, 0.1) is 13.8 Å². The van der Waals surface area contributed by atoms with Crippen molar-refractivity contribution in [2.75, 3.05) is 18.1 Å². The van der Waals surface area contributed by atoms with Crippen molar-refractivity contribution in [3.05, 3.63) is 47.7 Å². The first-order valence-electron chi connectivity index (χ1n) is 9.09. The van der Waals surface area contributed by atoms with Crippen LogP contribution in [0.4, 0.5) is 5.69 Å². The van der Waals surface area contributed by atoms with Crippen LogP contribution in [0.1, 0.15) is 23.8 Å². The third kappa shape index (κ3) is 3.98. The van der Waals surface area contributed by atoms with Crippen LogP contribution in [-0.2, 0) is 20.9 Å². The maximum atomic E-state index is 12.1. The molecule has 0 saturated heterocycles. The molecule has 3 heterocycles. The van der Waals surface area contributed by atoms with Crippen LogP contribution in [0.5, 0.6) is 5.75 Å². The number of rotatable bonds is 6. The molecule has 1 aliphatic heterocycles. The lowest BCUT2D eigenvalue weighted by molar-refractivity contribution is -0.145. The van der Waals surface area contributed by atoms with Crippen molar-refractivity contribution in [2.45, 2.75) is 26.9 Å². The average Bonchev–Trinajstić information content (AvgIpc) is 3.31. The van der Waals surface area contributed by atoms with Gasteiger partial charge in [0, 0.05) is 6.54 Å². The van der Waals surface area contributed by atoms with Crippen LogP contribution in [0.2, 0.25) is 0 Å². The zero-order valence-corrected chi connectivity index (χ0v) is 16.0. The van der Waals surface area contributed by atoms with Crippen LogP contribution in [0.15, 0.2) is 39.2 Å². The van der Waals surface area contributed by atoms with E-state index in [2.05, 4.69) is 10.2 Å². The highest BCUT2D eigenvalue weighted by Crippen LogP contribution is 2.31. The summed E-state index contributed by atoms with van der Waals surface area (Å²) >= 11 is 0. The van der Waals surface area contributed by atoms with Gasteiger partial charge in [-0.25, -0.2) is 0 Å². The van der Waals surface area contributed by atoms with Crippen molar-refractivity contribution < 1.29 is 27.9 Å². The molecule has 1 aromatic carbocycles. The molecule has 0 saturated carbocycles. The number of para-hydroxylation sites is 2. The average molecular weight is 397 g/mol. The number of hydrogen-bond acceptors (Lipinski definition) is 8. The van der Waals surface area contributed by atoms with E-state index in [9.17, 15) is 9.59 Å². The molecule has 0 bridgehead atoms. The number of aryl methyl sites for hydroxylation is 2. The fourth-order valence-electron chi connectivity index (χ4n) is 3.08. The first-order valence-corrected chi connectivity index (χ1v) is 9.09. The van der Waals surface area contributed by atoms with Gasteiger partial charge in [0.15, 0.2) is 13.2 Å². The maximum absolute atomic E-state index is 12.1. The second-order valence-electron chi connectivity index (χ2n) is 6.54. The largest absolute Gasteiger partial charge is 0.482 e. The normalized spacial score (nSPS) is 13.2. The Kier molecular flexibility index (Phi) is 5.03. The number of ether oxygens (including phenoxy) is 2. The summed E-state index contributed by atoms with van der Waals surface area (Å²) in [5.41, 5.74) is 1.35. The topological polar surface area (TPSA) is 108 Å². The lowest BCUT2D eigenvalue weighted by atomic mass is 10.2. The van der Waals surface area contributed by atoms with Crippen molar-refractivity contribution in [1.82, 2.24) is 10.2 Å². The minimum atomic E-state index is -0.475. The Morgan fingerprint density at radius 3 is 2.83 bits per heavy atom. The zero-order chi connectivity index (χ0) is 20.4. The summed E-state index contributed by atoms with van der Waals surface area (Å²) < 4.78 is 21.6. The molecule has 150 valence electrons. The van der Waals surface area contributed by atoms with Crippen LogP contribution in [-0.4, -0.2) is 35.2 Å². The van der Waals surface area contributed by atoms with Crippen LogP contribution >= 0.6 is 0 Å². The van der Waals surface area contributed by atoms with E-state index in [1.54, 1.807) is 25.1 Å². The van der Waals surface area contributed by atoms with Gasteiger partial charge in [-0.05, 0) is 32.0 Å². The number of anilines is 1. The van der Waals surface area contributed by atoms with Gasteiger partial charge < -0.3 is 23.2 Å². The second-order valence-corrected chi connectivity index (χ2v) is 6.54. The number of amides is 1. The first-order chi connectivity index (χ1) is 14.0. The Labute approximate surface area is 166 Å². The third-order valence-corrected chi connectivity index (χ3v) is 4.44. The molecule has 0 atom stereocenters. The quantitative estimate of drug-likeness (QED) is 0.584. The molecule has 1 aliphatic rings. The van der Waals surface area contributed by atoms with E-state index in [0.29, 0.717) is 28.7 Å². The third-order valence-electron chi connectivity index (χ3n) is 4.44. The molecule has 3 aromatic rings. The summed E-state index contributed by atoms with van der Waals surface area (Å²) in [7, 11) is 0. The fraction of sp³-hybridized carbons (Fsp3) is 0.300. The highest BCUT2D eigenvalue weighted by atomic mass is 16.5. The SMILES string of the molecule is Cc1cc(-c2nnc(COC(=O)CCN3C(=O)COc4ccccc43)o2)c(C)o1. The van der Waals surface area contributed by atoms with Gasteiger partial charge in [0.25, 0.3) is 17.7 Å². The molecule has 0 fully saturated rings. The minimum absolute atomic E-state index is 0.0289. The molecule has 0 aliphatic carbocycles. The van der Waals surface area contributed by atoms with Crippen LogP contribution < -0.4 is 9.64 Å².